The summed E-state index contributed by atoms with van der Waals surface area (Å²) in [5.74, 6) is -0.402. The second-order valence-electron chi connectivity index (χ2n) is 6.45. The van der Waals surface area contributed by atoms with Crippen LogP contribution in [0.4, 0.5) is 24.0 Å². The van der Waals surface area contributed by atoms with Gasteiger partial charge in [-0.05, 0) is 42.0 Å². The Morgan fingerprint density at radius 1 is 1.03 bits per heavy atom. The Kier molecular flexibility index (Phi) is 5.37. The Morgan fingerprint density at radius 3 is 2.73 bits per heavy atom. The fourth-order valence-electron chi connectivity index (χ4n) is 2.84. The van der Waals surface area contributed by atoms with Crippen molar-refractivity contribution in [2.24, 2.45) is 0 Å². The second-order valence-corrected chi connectivity index (χ2v) is 7.48. The highest BCUT2D eigenvalue weighted by Gasteiger charge is 2.30. The van der Waals surface area contributed by atoms with Crippen LogP contribution in [-0.2, 0) is 12.7 Å². The summed E-state index contributed by atoms with van der Waals surface area (Å²) in [6.45, 7) is -0.0128. The van der Waals surface area contributed by atoms with Gasteiger partial charge in [0, 0.05) is 23.8 Å². The number of carbonyl (C=O) groups is 1. The normalized spacial score (nSPS) is 11.4. The molecule has 2 aromatic carbocycles. The Labute approximate surface area is 173 Å². The minimum absolute atomic E-state index is 0.0128. The van der Waals surface area contributed by atoms with E-state index in [1.807, 2.05) is 30.3 Å². The number of anilines is 2. The summed E-state index contributed by atoms with van der Waals surface area (Å²) in [6.07, 6.45) is -1.27. The first kappa shape index (κ1) is 19.8. The van der Waals surface area contributed by atoms with Gasteiger partial charge in [-0.25, -0.2) is 4.98 Å². The maximum atomic E-state index is 12.8. The summed E-state index contributed by atoms with van der Waals surface area (Å²) >= 11 is 1.15. The van der Waals surface area contributed by atoms with Crippen molar-refractivity contribution in [3.63, 3.8) is 0 Å². The predicted molar refractivity (Wildman–Crippen MR) is 110 cm³/mol. The Bertz CT molecular complexity index is 1210. The van der Waals surface area contributed by atoms with Gasteiger partial charge < -0.3 is 10.6 Å². The van der Waals surface area contributed by atoms with Crippen LogP contribution in [0.5, 0.6) is 0 Å². The number of benzene rings is 2. The van der Waals surface area contributed by atoms with Crippen molar-refractivity contribution in [2.45, 2.75) is 12.7 Å². The van der Waals surface area contributed by atoms with Crippen LogP contribution in [0.2, 0.25) is 0 Å². The molecule has 1 amide bonds. The lowest BCUT2D eigenvalue weighted by molar-refractivity contribution is -0.137. The zero-order valence-corrected chi connectivity index (χ0v) is 16.2. The van der Waals surface area contributed by atoms with E-state index in [-0.39, 0.29) is 6.54 Å². The van der Waals surface area contributed by atoms with Gasteiger partial charge in [0.25, 0.3) is 5.91 Å². The summed E-state index contributed by atoms with van der Waals surface area (Å²) in [7, 11) is 0. The Hall–Kier alpha value is -3.46. The highest BCUT2D eigenvalue weighted by atomic mass is 32.1. The maximum absolute atomic E-state index is 12.8. The van der Waals surface area contributed by atoms with E-state index in [0.29, 0.717) is 15.6 Å². The van der Waals surface area contributed by atoms with E-state index in [4.69, 9.17) is 0 Å². The molecular weight excluding hydrogens is 413 g/mol. The second kappa shape index (κ2) is 8.11. The third-order valence-electron chi connectivity index (χ3n) is 4.29. The van der Waals surface area contributed by atoms with Gasteiger partial charge in [0.05, 0.1) is 17.3 Å². The molecule has 152 valence electrons. The van der Waals surface area contributed by atoms with Crippen molar-refractivity contribution in [3.8, 4) is 0 Å². The number of rotatable bonds is 5. The monoisotopic (exact) mass is 428 g/mol. The SMILES string of the molecule is O=C(NCc1cccc(C(F)(F)F)c1)c1cnc(Nc2ccc3ncccc3c2)s1. The molecule has 0 unspecified atom stereocenters. The summed E-state index contributed by atoms with van der Waals surface area (Å²) in [6, 6.07) is 14.3. The average Bonchev–Trinajstić information content (AvgIpc) is 3.20. The molecule has 0 spiro atoms. The van der Waals surface area contributed by atoms with Gasteiger partial charge >= 0.3 is 6.18 Å². The van der Waals surface area contributed by atoms with Crippen LogP contribution in [0.1, 0.15) is 20.8 Å². The fourth-order valence-corrected chi connectivity index (χ4v) is 3.59. The lowest BCUT2D eigenvalue weighted by Gasteiger charge is -2.09. The lowest BCUT2D eigenvalue weighted by atomic mass is 10.1. The van der Waals surface area contributed by atoms with Crippen LogP contribution in [0, 0.1) is 0 Å². The number of amides is 1. The lowest BCUT2D eigenvalue weighted by Crippen LogP contribution is -2.22. The largest absolute Gasteiger partial charge is 0.416 e. The molecule has 0 aliphatic heterocycles. The van der Waals surface area contributed by atoms with Gasteiger partial charge in [-0.2, -0.15) is 13.2 Å². The van der Waals surface area contributed by atoms with Crippen molar-refractivity contribution in [1.82, 2.24) is 15.3 Å². The van der Waals surface area contributed by atoms with E-state index in [1.165, 1.54) is 18.3 Å². The van der Waals surface area contributed by atoms with Crippen molar-refractivity contribution >= 4 is 39.0 Å². The molecule has 4 aromatic rings. The van der Waals surface area contributed by atoms with Gasteiger partial charge in [-0.3, -0.25) is 9.78 Å². The van der Waals surface area contributed by atoms with E-state index >= 15 is 0 Å². The number of pyridine rings is 1. The highest BCUT2D eigenvalue weighted by Crippen LogP contribution is 2.29. The first-order chi connectivity index (χ1) is 14.4. The third-order valence-corrected chi connectivity index (χ3v) is 5.20. The molecular formula is C21H15F3N4OS. The maximum Gasteiger partial charge on any atom is 0.416 e. The molecule has 0 radical (unpaired) electrons. The van der Waals surface area contributed by atoms with Gasteiger partial charge in [0.2, 0.25) is 0 Å². The molecule has 2 heterocycles. The summed E-state index contributed by atoms with van der Waals surface area (Å²) in [5.41, 5.74) is 1.30. The molecule has 0 bridgehead atoms. The molecule has 4 rings (SSSR count). The topological polar surface area (TPSA) is 66.9 Å². The van der Waals surface area contributed by atoms with Crippen molar-refractivity contribution in [1.29, 1.82) is 0 Å². The first-order valence-electron chi connectivity index (χ1n) is 8.90. The van der Waals surface area contributed by atoms with Crippen LogP contribution < -0.4 is 10.6 Å². The summed E-state index contributed by atoms with van der Waals surface area (Å²) in [4.78, 5) is 21.2. The standard InChI is InChI=1S/C21H15F3N4OS/c22-21(23,24)15-5-1-3-13(9-15)11-26-19(29)18-12-27-20(30-18)28-16-6-7-17-14(10-16)4-2-8-25-17/h1-10,12H,11H2,(H,26,29)(H,27,28). The third kappa shape index (κ3) is 4.57. The molecule has 0 atom stereocenters. The Morgan fingerprint density at radius 2 is 1.90 bits per heavy atom. The molecule has 9 heteroatoms. The zero-order valence-electron chi connectivity index (χ0n) is 15.4. The first-order valence-corrected chi connectivity index (χ1v) is 9.72. The minimum atomic E-state index is -4.42. The number of alkyl halides is 3. The number of aromatic nitrogens is 2. The van der Waals surface area contributed by atoms with Crippen molar-refractivity contribution < 1.29 is 18.0 Å². The number of hydrogen-bond acceptors (Lipinski definition) is 5. The van der Waals surface area contributed by atoms with E-state index in [9.17, 15) is 18.0 Å². The van der Waals surface area contributed by atoms with Gasteiger partial charge in [0.15, 0.2) is 5.13 Å². The van der Waals surface area contributed by atoms with Crippen LogP contribution >= 0.6 is 11.3 Å². The van der Waals surface area contributed by atoms with Gasteiger partial charge in [-0.15, -0.1) is 0 Å². The van der Waals surface area contributed by atoms with E-state index in [2.05, 4.69) is 20.6 Å². The van der Waals surface area contributed by atoms with Gasteiger partial charge in [-0.1, -0.05) is 29.5 Å². The van der Waals surface area contributed by atoms with Gasteiger partial charge in [0.1, 0.15) is 4.88 Å². The van der Waals surface area contributed by atoms with Crippen molar-refractivity contribution in [3.05, 3.63) is 83.0 Å². The molecule has 0 aliphatic carbocycles. The zero-order chi connectivity index (χ0) is 21.1. The van der Waals surface area contributed by atoms with Crippen LogP contribution in [0.3, 0.4) is 0 Å². The number of nitrogens with one attached hydrogen (secondary N) is 2. The molecule has 30 heavy (non-hydrogen) atoms. The van der Waals surface area contributed by atoms with E-state index < -0.39 is 17.6 Å². The van der Waals surface area contributed by atoms with E-state index in [0.717, 1.165) is 40.1 Å². The van der Waals surface area contributed by atoms with Crippen LogP contribution in [0.25, 0.3) is 10.9 Å². The number of thiazole rings is 1. The number of halogens is 3. The number of carbonyl (C=O) groups excluding carboxylic acids is 1. The number of hydrogen-bond donors (Lipinski definition) is 2. The molecule has 2 N–H and O–H groups in total. The van der Waals surface area contributed by atoms with E-state index in [1.54, 1.807) is 6.20 Å². The molecule has 0 saturated heterocycles. The summed E-state index contributed by atoms with van der Waals surface area (Å²) < 4.78 is 38.4. The number of fused-ring (bicyclic) bond motifs is 1. The molecule has 0 saturated carbocycles. The minimum Gasteiger partial charge on any atom is -0.347 e. The molecule has 2 aromatic heterocycles. The summed E-state index contributed by atoms with van der Waals surface area (Å²) in [5, 5.41) is 7.27. The molecule has 0 aliphatic rings. The Balaban J connectivity index is 1.40. The van der Waals surface area contributed by atoms with Crippen molar-refractivity contribution in [2.75, 3.05) is 5.32 Å². The fraction of sp³-hybridized carbons (Fsp3) is 0.0952. The number of nitrogens with zero attached hydrogens (tertiary/aromatic N) is 2. The quantitative estimate of drug-likeness (QED) is 0.448. The smallest absolute Gasteiger partial charge is 0.347 e. The molecule has 0 fully saturated rings. The van der Waals surface area contributed by atoms with Crippen LogP contribution in [0.15, 0.2) is 67.0 Å². The highest BCUT2D eigenvalue weighted by molar-refractivity contribution is 7.17. The average molecular weight is 428 g/mol. The van der Waals surface area contributed by atoms with Crippen LogP contribution in [-0.4, -0.2) is 15.9 Å². The predicted octanol–water partition coefficient (Wildman–Crippen LogP) is 5.38. The molecule has 5 nitrogen and oxygen atoms in total.